The van der Waals surface area contributed by atoms with Gasteiger partial charge in [-0.1, -0.05) is 12.1 Å². The van der Waals surface area contributed by atoms with Gasteiger partial charge < -0.3 is 15.3 Å². The molecule has 1 aliphatic rings. The smallest absolute Gasteiger partial charge is 0.335 e. The molecule has 3 N–H and O–H groups in total. The maximum atomic E-state index is 11.5. The van der Waals surface area contributed by atoms with E-state index in [-0.39, 0.29) is 12.0 Å². The molecule has 0 spiro atoms. The molecule has 0 fully saturated rings. The zero-order valence-corrected chi connectivity index (χ0v) is 10.2. The molecular weight excluding hydrogens is 264 g/mol. The lowest BCUT2D eigenvalue weighted by Gasteiger charge is -2.14. The topological polar surface area (TPSA) is 112 Å². The molecule has 20 heavy (non-hydrogen) atoms. The summed E-state index contributed by atoms with van der Waals surface area (Å²) in [6, 6.07) is 5.82. The highest BCUT2D eigenvalue weighted by Crippen LogP contribution is 2.29. The molecule has 1 aliphatic carbocycles. The first-order valence-corrected chi connectivity index (χ1v) is 5.64. The van der Waals surface area contributed by atoms with Crippen LogP contribution in [0.25, 0.3) is 5.57 Å². The predicted octanol–water partition coefficient (Wildman–Crippen LogP) is 1.64. The van der Waals surface area contributed by atoms with Crippen LogP contribution in [-0.2, 0) is 9.59 Å². The van der Waals surface area contributed by atoms with Crippen LogP contribution in [0.2, 0.25) is 0 Å². The van der Waals surface area contributed by atoms with Crippen LogP contribution in [0.1, 0.15) is 22.3 Å². The first-order valence-electron chi connectivity index (χ1n) is 5.64. The van der Waals surface area contributed by atoms with Crippen LogP contribution >= 0.6 is 0 Å². The Kier molecular flexibility index (Phi) is 3.39. The third kappa shape index (κ3) is 2.44. The van der Waals surface area contributed by atoms with Crippen molar-refractivity contribution in [2.75, 3.05) is 0 Å². The number of aliphatic hydroxyl groups is 1. The van der Waals surface area contributed by atoms with Crippen LogP contribution < -0.4 is 0 Å². The zero-order valence-electron chi connectivity index (χ0n) is 10.2. The lowest BCUT2D eigenvalue weighted by atomic mass is 9.90. The summed E-state index contributed by atoms with van der Waals surface area (Å²) in [5.41, 5.74) is 0.428. The molecule has 0 bridgehead atoms. The number of aliphatic carboxylic acids is 1. The maximum Gasteiger partial charge on any atom is 0.335 e. The molecule has 6 heteroatoms. The van der Waals surface area contributed by atoms with Gasteiger partial charge in [-0.05, 0) is 29.3 Å². The molecule has 6 nitrogen and oxygen atoms in total. The lowest BCUT2D eigenvalue weighted by Crippen LogP contribution is -2.15. The molecule has 0 saturated carbocycles. The summed E-state index contributed by atoms with van der Waals surface area (Å²) < 4.78 is 0. The van der Waals surface area contributed by atoms with E-state index >= 15 is 0 Å². The van der Waals surface area contributed by atoms with Crippen molar-refractivity contribution in [2.24, 2.45) is 0 Å². The zero-order chi connectivity index (χ0) is 14.9. The Balaban J connectivity index is 2.43. The fourth-order valence-corrected chi connectivity index (χ4v) is 1.91. The van der Waals surface area contributed by atoms with E-state index in [0.717, 1.165) is 6.08 Å². The van der Waals surface area contributed by atoms with Crippen molar-refractivity contribution in [1.82, 2.24) is 0 Å². The van der Waals surface area contributed by atoms with Crippen LogP contribution in [0, 0.1) is 0 Å². The predicted molar refractivity (Wildman–Crippen MR) is 68.3 cm³/mol. The summed E-state index contributed by atoms with van der Waals surface area (Å²) in [5.74, 6) is -4.08. The SMILES string of the molecule is O=C(O)C1=C(O)C(=O)C=C(c2cccc(C(=O)O)c2)C1. The van der Waals surface area contributed by atoms with Crippen molar-refractivity contribution in [3.8, 4) is 0 Å². The summed E-state index contributed by atoms with van der Waals surface area (Å²) in [6.45, 7) is 0. The van der Waals surface area contributed by atoms with Gasteiger partial charge in [0.25, 0.3) is 0 Å². The molecule has 0 atom stereocenters. The summed E-state index contributed by atoms with van der Waals surface area (Å²) >= 11 is 0. The molecule has 1 aromatic carbocycles. The third-order valence-electron chi connectivity index (χ3n) is 2.93. The molecule has 0 radical (unpaired) electrons. The van der Waals surface area contributed by atoms with Gasteiger partial charge in [0.05, 0.1) is 11.1 Å². The molecule has 102 valence electrons. The number of rotatable bonds is 3. The van der Waals surface area contributed by atoms with Crippen LogP contribution in [-0.4, -0.2) is 33.0 Å². The molecule has 0 heterocycles. The quantitative estimate of drug-likeness (QED) is 0.772. The molecule has 0 aliphatic heterocycles. The van der Waals surface area contributed by atoms with E-state index in [0.29, 0.717) is 11.1 Å². The normalized spacial score (nSPS) is 15.0. The third-order valence-corrected chi connectivity index (χ3v) is 2.93. The fraction of sp³-hybridized carbons (Fsp3) is 0.0714. The Labute approximate surface area is 113 Å². The minimum Gasteiger partial charge on any atom is -0.504 e. The van der Waals surface area contributed by atoms with Gasteiger partial charge in [0.15, 0.2) is 5.76 Å². The monoisotopic (exact) mass is 274 g/mol. The maximum absolute atomic E-state index is 11.5. The Morgan fingerprint density at radius 1 is 1.10 bits per heavy atom. The van der Waals surface area contributed by atoms with Crippen molar-refractivity contribution >= 4 is 23.3 Å². The van der Waals surface area contributed by atoms with Crippen molar-refractivity contribution in [3.05, 3.63) is 52.8 Å². The van der Waals surface area contributed by atoms with Gasteiger partial charge in [-0.3, -0.25) is 4.79 Å². The van der Waals surface area contributed by atoms with Crippen LogP contribution in [0.4, 0.5) is 0 Å². The molecule has 0 unspecified atom stereocenters. The number of allylic oxidation sites excluding steroid dienone is 2. The first-order chi connectivity index (χ1) is 9.40. The number of hydrogen-bond acceptors (Lipinski definition) is 4. The van der Waals surface area contributed by atoms with E-state index in [1.807, 2.05) is 0 Å². The van der Waals surface area contributed by atoms with Gasteiger partial charge in [0, 0.05) is 6.42 Å². The van der Waals surface area contributed by atoms with Gasteiger partial charge in [-0.2, -0.15) is 0 Å². The van der Waals surface area contributed by atoms with Gasteiger partial charge in [0.2, 0.25) is 5.78 Å². The van der Waals surface area contributed by atoms with E-state index in [1.165, 1.54) is 18.2 Å². The molecule has 0 aromatic heterocycles. The van der Waals surface area contributed by atoms with Crippen molar-refractivity contribution < 1.29 is 29.7 Å². The van der Waals surface area contributed by atoms with E-state index in [2.05, 4.69) is 0 Å². The fourth-order valence-electron chi connectivity index (χ4n) is 1.91. The highest BCUT2D eigenvalue weighted by Gasteiger charge is 2.25. The number of ketones is 1. The van der Waals surface area contributed by atoms with Crippen molar-refractivity contribution in [2.45, 2.75) is 6.42 Å². The van der Waals surface area contributed by atoms with Gasteiger partial charge in [-0.25, -0.2) is 9.59 Å². The summed E-state index contributed by atoms with van der Waals surface area (Å²) in [6.07, 6.45) is 0.971. The van der Waals surface area contributed by atoms with E-state index < -0.39 is 29.1 Å². The lowest BCUT2D eigenvalue weighted by molar-refractivity contribution is -0.133. The Morgan fingerprint density at radius 3 is 2.40 bits per heavy atom. The molecule has 1 aromatic rings. The molecular formula is C14H10O6. The number of aliphatic hydroxyl groups excluding tert-OH is 1. The van der Waals surface area contributed by atoms with Crippen LogP contribution in [0.5, 0.6) is 0 Å². The van der Waals surface area contributed by atoms with Crippen molar-refractivity contribution in [3.63, 3.8) is 0 Å². The van der Waals surface area contributed by atoms with E-state index in [4.69, 9.17) is 10.2 Å². The molecule has 0 amide bonds. The minimum atomic E-state index is -1.38. The number of benzene rings is 1. The summed E-state index contributed by atoms with van der Waals surface area (Å²) in [4.78, 5) is 33.4. The second-order valence-corrected chi connectivity index (χ2v) is 4.23. The highest BCUT2D eigenvalue weighted by molar-refractivity contribution is 6.14. The number of carbonyl (C=O) groups excluding carboxylic acids is 1. The Morgan fingerprint density at radius 2 is 1.80 bits per heavy atom. The second-order valence-electron chi connectivity index (χ2n) is 4.23. The highest BCUT2D eigenvalue weighted by atomic mass is 16.4. The Bertz CT molecular complexity index is 681. The first kappa shape index (κ1) is 13.5. The number of carboxylic acid groups (broad SMARTS) is 2. The standard InChI is InChI=1S/C14H10O6/c15-11-6-9(5-10(12(11)16)14(19)20)7-2-1-3-8(4-7)13(17)18/h1-4,6,16H,5H2,(H,17,18)(H,19,20). The average Bonchev–Trinajstić information content (AvgIpc) is 2.41. The van der Waals surface area contributed by atoms with Gasteiger partial charge >= 0.3 is 11.9 Å². The number of carbonyl (C=O) groups is 3. The molecule has 0 saturated heterocycles. The number of hydrogen-bond donors (Lipinski definition) is 3. The molecule has 2 rings (SSSR count). The van der Waals surface area contributed by atoms with Crippen LogP contribution in [0.15, 0.2) is 41.7 Å². The van der Waals surface area contributed by atoms with Gasteiger partial charge in [0.1, 0.15) is 0 Å². The van der Waals surface area contributed by atoms with E-state index in [1.54, 1.807) is 6.07 Å². The number of carboxylic acids is 2. The van der Waals surface area contributed by atoms with Gasteiger partial charge in [-0.15, -0.1) is 0 Å². The summed E-state index contributed by atoms with van der Waals surface area (Å²) in [5, 5.41) is 27.3. The van der Waals surface area contributed by atoms with Crippen molar-refractivity contribution in [1.29, 1.82) is 0 Å². The Hall–Kier alpha value is -2.89. The average molecular weight is 274 g/mol. The summed E-state index contributed by atoms with van der Waals surface area (Å²) in [7, 11) is 0. The second kappa shape index (κ2) is 5.00. The van der Waals surface area contributed by atoms with E-state index in [9.17, 15) is 19.5 Å². The largest absolute Gasteiger partial charge is 0.504 e. The minimum absolute atomic E-state index is 0.0338. The van der Waals surface area contributed by atoms with Crippen LogP contribution in [0.3, 0.4) is 0 Å². The number of aromatic carboxylic acids is 1.